The van der Waals surface area contributed by atoms with E-state index in [1.807, 2.05) is 36.4 Å². The van der Waals surface area contributed by atoms with Crippen LogP contribution in [0.3, 0.4) is 0 Å². The van der Waals surface area contributed by atoms with Gasteiger partial charge in [-0.05, 0) is 35.4 Å². The number of piperidine rings is 1. The highest BCUT2D eigenvalue weighted by molar-refractivity contribution is 6.14. The van der Waals surface area contributed by atoms with Gasteiger partial charge in [0.25, 0.3) is 0 Å². The number of aromatic nitrogens is 2. The summed E-state index contributed by atoms with van der Waals surface area (Å²) >= 11 is 0. The number of ketones is 1. The standard InChI is InChI=1S/C18H17N3O/c1-21-12-16(8-14-4-2-6-19-10-14)18(22)17(13-21)9-15-5-3-7-20-11-15/h2-11H,12-13H2,1H3/p+1/b16-8+,17-9+. The third kappa shape index (κ3) is 3.35. The number of nitrogens with zero attached hydrogens (tertiary/aromatic N) is 2. The van der Waals surface area contributed by atoms with Crippen LogP contribution in [0.5, 0.6) is 0 Å². The van der Waals surface area contributed by atoms with Crippen molar-refractivity contribution in [2.24, 2.45) is 0 Å². The molecule has 0 unspecified atom stereocenters. The summed E-state index contributed by atoms with van der Waals surface area (Å²) < 4.78 is 0. The molecule has 0 atom stereocenters. The van der Waals surface area contributed by atoms with E-state index in [1.165, 1.54) is 4.90 Å². The largest absolute Gasteiger partial charge is 0.330 e. The van der Waals surface area contributed by atoms with Crippen LogP contribution in [-0.4, -0.2) is 35.9 Å². The average molecular weight is 292 g/mol. The lowest BCUT2D eigenvalue weighted by atomic mass is 9.95. The number of Topliss-reactive ketones (excluding diaryl/α,β-unsaturated/α-hetero) is 1. The van der Waals surface area contributed by atoms with E-state index in [-0.39, 0.29) is 5.78 Å². The Labute approximate surface area is 129 Å². The lowest BCUT2D eigenvalue weighted by Gasteiger charge is -2.23. The predicted octanol–water partition coefficient (Wildman–Crippen LogP) is 1.04. The van der Waals surface area contributed by atoms with Crippen LogP contribution in [0.2, 0.25) is 0 Å². The van der Waals surface area contributed by atoms with Crippen molar-refractivity contribution in [3.8, 4) is 0 Å². The highest BCUT2D eigenvalue weighted by Crippen LogP contribution is 2.15. The van der Waals surface area contributed by atoms with Gasteiger partial charge < -0.3 is 4.90 Å². The molecule has 22 heavy (non-hydrogen) atoms. The molecule has 3 rings (SSSR count). The maximum absolute atomic E-state index is 12.7. The van der Waals surface area contributed by atoms with Gasteiger partial charge in [0.1, 0.15) is 13.1 Å². The first kappa shape index (κ1) is 14.4. The zero-order valence-electron chi connectivity index (χ0n) is 12.5. The quantitative estimate of drug-likeness (QED) is 0.841. The number of hydrogen-bond donors (Lipinski definition) is 1. The first-order valence-corrected chi connectivity index (χ1v) is 7.29. The van der Waals surface area contributed by atoms with Gasteiger partial charge in [0, 0.05) is 24.8 Å². The van der Waals surface area contributed by atoms with Crippen LogP contribution >= 0.6 is 0 Å². The Balaban J connectivity index is 1.92. The maximum atomic E-state index is 12.7. The van der Waals surface area contributed by atoms with Gasteiger partial charge in [-0.2, -0.15) is 0 Å². The summed E-state index contributed by atoms with van der Waals surface area (Å²) in [5.41, 5.74) is 3.57. The second-order valence-electron chi connectivity index (χ2n) is 5.55. The fourth-order valence-electron chi connectivity index (χ4n) is 2.64. The summed E-state index contributed by atoms with van der Waals surface area (Å²) in [6, 6.07) is 7.68. The number of hydrogen-bond acceptors (Lipinski definition) is 3. The van der Waals surface area contributed by atoms with Crippen molar-refractivity contribution < 1.29 is 9.69 Å². The van der Waals surface area contributed by atoms with Crippen LogP contribution in [-0.2, 0) is 4.79 Å². The molecule has 1 aliphatic heterocycles. The minimum Gasteiger partial charge on any atom is -0.330 e. The zero-order valence-corrected chi connectivity index (χ0v) is 12.5. The highest BCUT2D eigenvalue weighted by Gasteiger charge is 2.26. The summed E-state index contributed by atoms with van der Waals surface area (Å²) in [5.74, 6) is 0.123. The first-order valence-electron chi connectivity index (χ1n) is 7.29. The summed E-state index contributed by atoms with van der Waals surface area (Å²) in [6.45, 7) is 1.47. The SMILES string of the molecule is C[NH+]1C/C(=C\c2cccnc2)C(=O)/C(=C/c2cccnc2)C1. The molecule has 2 aromatic rings. The molecule has 1 N–H and O–H groups in total. The van der Waals surface area contributed by atoms with Crippen LogP contribution in [0.4, 0.5) is 0 Å². The number of pyridine rings is 2. The topological polar surface area (TPSA) is 47.3 Å². The predicted molar refractivity (Wildman–Crippen MR) is 86.1 cm³/mol. The molecular weight excluding hydrogens is 274 g/mol. The molecule has 110 valence electrons. The Morgan fingerprint density at radius 1 is 0.955 bits per heavy atom. The van der Waals surface area contributed by atoms with E-state index < -0.39 is 0 Å². The number of likely N-dealkylation sites (N-methyl/N-ethyl adjacent to an activating group) is 1. The number of rotatable bonds is 2. The van der Waals surface area contributed by atoms with E-state index in [9.17, 15) is 4.79 Å². The maximum Gasteiger partial charge on any atom is 0.196 e. The first-order chi connectivity index (χ1) is 10.7. The normalized spacial score (nSPS) is 22.2. The molecule has 4 heteroatoms. The second-order valence-corrected chi connectivity index (χ2v) is 5.55. The highest BCUT2D eigenvalue weighted by atomic mass is 16.1. The van der Waals surface area contributed by atoms with E-state index >= 15 is 0 Å². The van der Waals surface area contributed by atoms with Gasteiger partial charge in [0.2, 0.25) is 0 Å². The zero-order chi connectivity index (χ0) is 15.4. The molecule has 3 heterocycles. The number of carbonyl (C=O) groups excluding carboxylic acids is 1. The molecule has 0 amide bonds. The smallest absolute Gasteiger partial charge is 0.196 e. The molecule has 0 saturated carbocycles. The number of quaternary nitrogens is 1. The molecular formula is C18H18N3O+. The fourth-order valence-corrected chi connectivity index (χ4v) is 2.64. The van der Waals surface area contributed by atoms with Crippen molar-refractivity contribution in [1.82, 2.24) is 9.97 Å². The second kappa shape index (κ2) is 6.45. The Morgan fingerprint density at radius 2 is 1.45 bits per heavy atom. The summed E-state index contributed by atoms with van der Waals surface area (Å²) in [6.07, 6.45) is 10.9. The number of carbonyl (C=O) groups is 1. The van der Waals surface area contributed by atoms with Crippen molar-refractivity contribution in [2.45, 2.75) is 0 Å². The molecule has 2 aromatic heterocycles. The fraction of sp³-hybridized carbons (Fsp3) is 0.167. The molecule has 0 radical (unpaired) electrons. The number of nitrogens with one attached hydrogen (secondary N) is 1. The van der Waals surface area contributed by atoms with Crippen LogP contribution in [0.25, 0.3) is 12.2 Å². The van der Waals surface area contributed by atoms with Gasteiger partial charge in [-0.25, -0.2) is 0 Å². The monoisotopic (exact) mass is 292 g/mol. The Morgan fingerprint density at radius 3 is 1.86 bits per heavy atom. The molecule has 0 aliphatic carbocycles. The van der Waals surface area contributed by atoms with Crippen molar-refractivity contribution in [2.75, 3.05) is 20.1 Å². The van der Waals surface area contributed by atoms with Gasteiger partial charge in [0.05, 0.1) is 18.2 Å². The van der Waals surface area contributed by atoms with Crippen molar-refractivity contribution >= 4 is 17.9 Å². The Hall–Kier alpha value is -2.59. The molecule has 1 saturated heterocycles. The van der Waals surface area contributed by atoms with Crippen LogP contribution in [0, 0.1) is 0 Å². The van der Waals surface area contributed by atoms with Crippen molar-refractivity contribution in [1.29, 1.82) is 0 Å². The molecule has 0 aromatic carbocycles. The van der Waals surface area contributed by atoms with Crippen LogP contribution < -0.4 is 4.90 Å². The third-order valence-electron chi connectivity index (χ3n) is 3.62. The van der Waals surface area contributed by atoms with E-state index in [4.69, 9.17) is 0 Å². The summed E-state index contributed by atoms with van der Waals surface area (Å²) in [5, 5.41) is 0. The Bertz CT molecular complexity index is 659. The minimum absolute atomic E-state index is 0.123. The van der Waals surface area contributed by atoms with E-state index in [0.29, 0.717) is 0 Å². The van der Waals surface area contributed by atoms with Crippen LogP contribution in [0.15, 0.2) is 60.2 Å². The summed E-state index contributed by atoms with van der Waals surface area (Å²) in [7, 11) is 2.10. The van der Waals surface area contributed by atoms with E-state index in [2.05, 4.69) is 17.0 Å². The Kier molecular flexibility index (Phi) is 4.21. The lowest BCUT2D eigenvalue weighted by Crippen LogP contribution is -3.10. The molecule has 4 nitrogen and oxygen atoms in total. The van der Waals surface area contributed by atoms with Gasteiger partial charge in [0.15, 0.2) is 5.78 Å². The average Bonchev–Trinajstić information content (AvgIpc) is 2.54. The minimum atomic E-state index is 0.123. The summed E-state index contributed by atoms with van der Waals surface area (Å²) in [4.78, 5) is 22.2. The molecule has 1 fully saturated rings. The van der Waals surface area contributed by atoms with E-state index in [0.717, 1.165) is 35.4 Å². The third-order valence-corrected chi connectivity index (χ3v) is 3.62. The van der Waals surface area contributed by atoms with Crippen LogP contribution in [0.1, 0.15) is 11.1 Å². The molecule has 1 aliphatic rings. The number of likely N-dealkylation sites (tertiary alicyclic amines) is 1. The van der Waals surface area contributed by atoms with Crippen molar-refractivity contribution in [3.05, 3.63) is 71.3 Å². The lowest BCUT2D eigenvalue weighted by molar-refractivity contribution is -0.870. The van der Waals surface area contributed by atoms with Gasteiger partial charge in [-0.3, -0.25) is 14.8 Å². The van der Waals surface area contributed by atoms with Crippen molar-refractivity contribution in [3.63, 3.8) is 0 Å². The van der Waals surface area contributed by atoms with Gasteiger partial charge >= 0.3 is 0 Å². The van der Waals surface area contributed by atoms with E-state index in [1.54, 1.807) is 24.8 Å². The van der Waals surface area contributed by atoms with Gasteiger partial charge in [-0.1, -0.05) is 12.1 Å². The van der Waals surface area contributed by atoms with Gasteiger partial charge in [-0.15, -0.1) is 0 Å². The molecule has 0 spiro atoms. The molecule has 0 bridgehead atoms.